The molecular weight excluding hydrogens is 300 g/mol. The van der Waals surface area contributed by atoms with Crippen LogP contribution in [0.4, 0.5) is 0 Å². The topological polar surface area (TPSA) is 107 Å². The first-order valence-electron chi connectivity index (χ1n) is 7.99. The Morgan fingerprint density at radius 3 is 2.35 bits per heavy atom. The van der Waals surface area contributed by atoms with Crippen molar-refractivity contribution >= 4 is 5.97 Å². The van der Waals surface area contributed by atoms with Gasteiger partial charge < -0.3 is 25.2 Å². The molecule has 0 saturated heterocycles. The molecule has 1 rings (SSSR count). The van der Waals surface area contributed by atoms with Gasteiger partial charge in [0.05, 0.1) is 5.60 Å². The number of rotatable bonds is 5. The molecule has 0 aliphatic heterocycles. The van der Waals surface area contributed by atoms with Crippen LogP contribution >= 0.6 is 0 Å². The molecule has 0 radical (unpaired) electrons. The van der Waals surface area contributed by atoms with Crippen molar-refractivity contribution in [2.75, 3.05) is 0 Å². The summed E-state index contributed by atoms with van der Waals surface area (Å²) in [6, 6.07) is 0. The Hall–Kier alpha value is -0.950. The molecule has 6 heteroatoms. The Balaban J connectivity index is 3.03. The van der Waals surface area contributed by atoms with Crippen molar-refractivity contribution in [2.24, 2.45) is 0 Å². The van der Waals surface area contributed by atoms with Crippen LogP contribution in [0.15, 0.2) is 11.6 Å². The van der Waals surface area contributed by atoms with Crippen molar-refractivity contribution in [3.63, 3.8) is 0 Å². The van der Waals surface area contributed by atoms with E-state index in [-0.39, 0.29) is 19.3 Å². The molecule has 4 N–H and O–H groups in total. The molecule has 134 valence electrons. The molecule has 1 aliphatic carbocycles. The molecule has 0 amide bonds. The Labute approximate surface area is 137 Å². The third-order valence-electron chi connectivity index (χ3n) is 4.81. The average molecular weight is 330 g/mol. The van der Waals surface area contributed by atoms with Crippen molar-refractivity contribution in [2.45, 2.75) is 89.3 Å². The SMILES string of the molecule is CC(=O)O[C@@H]1[C@@H](O)[C@@](O)([C@](C)(O)CCC=C(C)C)CC[C@@]1(C)O. The van der Waals surface area contributed by atoms with Gasteiger partial charge in [0.15, 0.2) is 6.10 Å². The highest BCUT2D eigenvalue weighted by Crippen LogP contribution is 2.44. The van der Waals surface area contributed by atoms with Crippen LogP contribution < -0.4 is 0 Å². The lowest BCUT2D eigenvalue weighted by Gasteiger charge is -2.53. The van der Waals surface area contributed by atoms with E-state index in [9.17, 15) is 25.2 Å². The second-order valence-corrected chi connectivity index (χ2v) is 7.35. The largest absolute Gasteiger partial charge is 0.457 e. The van der Waals surface area contributed by atoms with Crippen molar-refractivity contribution in [3.8, 4) is 0 Å². The smallest absolute Gasteiger partial charge is 0.303 e. The summed E-state index contributed by atoms with van der Waals surface area (Å²) < 4.78 is 5.03. The van der Waals surface area contributed by atoms with Crippen LogP contribution in [-0.4, -0.2) is 55.4 Å². The molecule has 5 atom stereocenters. The summed E-state index contributed by atoms with van der Waals surface area (Å²) in [5, 5.41) is 42.6. The number of aliphatic hydroxyl groups is 4. The Kier molecular flexibility index (Phi) is 6.02. The normalized spacial score (nSPS) is 36.9. The first kappa shape index (κ1) is 20.1. The summed E-state index contributed by atoms with van der Waals surface area (Å²) in [6.07, 6.45) is -0.0738. The van der Waals surface area contributed by atoms with Gasteiger partial charge in [-0.25, -0.2) is 0 Å². The minimum atomic E-state index is -1.87. The number of hydrogen-bond acceptors (Lipinski definition) is 6. The second kappa shape index (κ2) is 6.89. The number of carbonyl (C=O) groups is 1. The van der Waals surface area contributed by atoms with E-state index in [1.807, 2.05) is 19.9 Å². The maximum Gasteiger partial charge on any atom is 0.303 e. The molecule has 0 aromatic heterocycles. The van der Waals surface area contributed by atoms with E-state index < -0.39 is 35.0 Å². The lowest BCUT2D eigenvalue weighted by molar-refractivity contribution is -0.274. The molecule has 0 aromatic carbocycles. The van der Waals surface area contributed by atoms with Gasteiger partial charge in [0.2, 0.25) is 0 Å². The third-order valence-corrected chi connectivity index (χ3v) is 4.81. The molecule has 23 heavy (non-hydrogen) atoms. The maximum atomic E-state index is 11.3. The highest BCUT2D eigenvalue weighted by molar-refractivity contribution is 5.66. The predicted molar refractivity (Wildman–Crippen MR) is 85.7 cm³/mol. The highest BCUT2D eigenvalue weighted by Gasteiger charge is 2.61. The lowest BCUT2D eigenvalue weighted by Crippen LogP contribution is -2.70. The summed E-state index contributed by atoms with van der Waals surface area (Å²) in [4.78, 5) is 11.3. The van der Waals surface area contributed by atoms with E-state index >= 15 is 0 Å². The number of esters is 1. The van der Waals surface area contributed by atoms with E-state index in [1.54, 1.807) is 0 Å². The fourth-order valence-corrected chi connectivity index (χ4v) is 3.14. The predicted octanol–water partition coefficient (Wildman–Crippen LogP) is 1.05. The molecular formula is C17H30O6. The first-order chi connectivity index (χ1) is 10.3. The van der Waals surface area contributed by atoms with Gasteiger partial charge in [-0.2, -0.15) is 0 Å². The maximum absolute atomic E-state index is 11.3. The fourth-order valence-electron chi connectivity index (χ4n) is 3.14. The molecule has 1 saturated carbocycles. The number of allylic oxidation sites excluding steroid dienone is 2. The van der Waals surface area contributed by atoms with E-state index in [1.165, 1.54) is 20.8 Å². The zero-order valence-electron chi connectivity index (χ0n) is 14.7. The number of hydrogen-bond donors (Lipinski definition) is 4. The zero-order chi connectivity index (χ0) is 18.1. The molecule has 0 spiro atoms. The number of aliphatic hydroxyl groups excluding tert-OH is 1. The van der Waals surface area contributed by atoms with E-state index in [0.29, 0.717) is 6.42 Å². The number of carbonyl (C=O) groups excluding carboxylic acids is 1. The van der Waals surface area contributed by atoms with Crippen molar-refractivity contribution in [1.82, 2.24) is 0 Å². The van der Waals surface area contributed by atoms with Crippen LogP contribution in [0, 0.1) is 0 Å². The van der Waals surface area contributed by atoms with Gasteiger partial charge in [-0.15, -0.1) is 0 Å². The van der Waals surface area contributed by atoms with Crippen LogP contribution in [-0.2, 0) is 9.53 Å². The molecule has 0 aromatic rings. The molecule has 6 nitrogen and oxygen atoms in total. The summed E-state index contributed by atoms with van der Waals surface area (Å²) in [7, 11) is 0. The molecule has 0 unspecified atom stereocenters. The van der Waals surface area contributed by atoms with Crippen LogP contribution in [0.1, 0.15) is 60.3 Å². The van der Waals surface area contributed by atoms with Gasteiger partial charge in [0.1, 0.15) is 17.3 Å². The summed E-state index contributed by atoms with van der Waals surface area (Å²) in [5.74, 6) is -0.664. The lowest BCUT2D eigenvalue weighted by atomic mass is 9.64. The summed E-state index contributed by atoms with van der Waals surface area (Å²) in [6.45, 7) is 7.95. The molecule has 0 heterocycles. The van der Waals surface area contributed by atoms with E-state index in [2.05, 4.69) is 0 Å². The van der Waals surface area contributed by atoms with Gasteiger partial charge in [0, 0.05) is 6.92 Å². The molecule has 1 aliphatic rings. The van der Waals surface area contributed by atoms with Crippen molar-refractivity contribution in [1.29, 1.82) is 0 Å². The third kappa shape index (κ3) is 4.32. The Morgan fingerprint density at radius 1 is 1.30 bits per heavy atom. The van der Waals surface area contributed by atoms with Crippen LogP contribution in [0.5, 0.6) is 0 Å². The van der Waals surface area contributed by atoms with Crippen LogP contribution in [0.2, 0.25) is 0 Å². The van der Waals surface area contributed by atoms with Gasteiger partial charge in [0.25, 0.3) is 0 Å². The monoisotopic (exact) mass is 330 g/mol. The zero-order valence-corrected chi connectivity index (χ0v) is 14.7. The van der Waals surface area contributed by atoms with E-state index in [0.717, 1.165) is 5.57 Å². The minimum Gasteiger partial charge on any atom is -0.457 e. The Morgan fingerprint density at radius 2 is 1.87 bits per heavy atom. The average Bonchev–Trinajstić information content (AvgIpc) is 2.38. The highest BCUT2D eigenvalue weighted by atomic mass is 16.6. The fraction of sp³-hybridized carbons (Fsp3) is 0.824. The standard InChI is InChI=1S/C17H30O6/c1-11(2)7-6-8-16(5,21)17(22)10-9-15(4,20)14(13(17)19)23-12(3)18/h7,13-14,19-22H,6,8-10H2,1-5H3/t13-,14-,15-,16-,17-/m1/s1. The summed E-state index contributed by atoms with van der Waals surface area (Å²) >= 11 is 0. The van der Waals surface area contributed by atoms with Gasteiger partial charge in [-0.3, -0.25) is 4.79 Å². The van der Waals surface area contributed by atoms with Gasteiger partial charge in [-0.05, 0) is 53.4 Å². The van der Waals surface area contributed by atoms with Crippen molar-refractivity contribution in [3.05, 3.63) is 11.6 Å². The summed E-state index contributed by atoms with van der Waals surface area (Å²) in [5.41, 5.74) is -3.83. The quantitative estimate of drug-likeness (QED) is 0.443. The van der Waals surface area contributed by atoms with Gasteiger partial charge in [-0.1, -0.05) is 11.6 Å². The molecule has 0 bridgehead atoms. The van der Waals surface area contributed by atoms with Crippen LogP contribution in [0.3, 0.4) is 0 Å². The minimum absolute atomic E-state index is 0.000747. The van der Waals surface area contributed by atoms with E-state index in [4.69, 9.17) is 4.74 Å². The van der Waals surface area contributed by atoms with Gasteiger partial charge >= 0.3 is 5.97 Å². The first-order valence-corrected chi connectivity index (χ1v) is 7.99. The van der Waals surface area contributed by atoms with Crippen LogP contribution in [0.25, 0.3) is 0 Å². The second-order valence-electron chi connectivity index (χ2n) is 7.35. The van der Waals surface area contributed by atoms with Crippen molar-refractivity contribution < 1.29 is 30.0 Å². The molecule has 1 fully saturated rings. The number of ether oxygens (including phenoxy) is 1. The Bertz CT molecular complexity index is 464.